The first-order valence-electron chi connectivity index (χ1n) is 8.73. The van der Waals surface area contributed by atoms with Gasteiger partial charge >= 0.3 is 0 Å². The van der Waals surface area contributed by atoms with Gasteiger partial charge in [-0.05, 0) is 49.4 Å². The minimum absolute atomic E-state index is 0.0523. The Morgan fingerprint density at radius 1 is 1.25 bits per heavy atom. The van der Waals surface area contributed by atoms with E-state index in [4.69, 9.17) is 4.74 Å². The van der Waals surface area contributed by atoms with Crippen molar-refractivity contribution in [1.29, 1.82) is 0 Å². The Balaban J connectivity index is 1.29. The van der Waals surface area contributed by atoms with Crippen molar-refractivity contribution >= 4 is 15.9 Å². The van der Waals surface area contributed by atoms with Crippen LogP contribution in [0.15, 0.2) is 17.3 Å². The van der Waals surface area contributed by atoms with Crippen LogP contribution in [0.25, 0.3) is 0 Å². The maximum atomic E-state index is 12.5. The summed E-state index contributed by atoms with van der Waals surface area (Å²) in [7, 11) is -3.84. The summed E-state index contributed by atoms with van der Waals surface area (Å²) in [4.78, 5) is 12.5. The van der Waals surface area contributed by atoms with Gasteiger partial charge in [-0.3, -0.25) is 9.48 Å². The average Bonchev–Trinajstić information content (AvgIpc) is 3.09. The number of hydrogen-bond donors (Lipinski definition) is 1. The van der Waals surface area contributed by atoms with Gasteiger partial charge in [0.15, 0.2) is 0 Å². The molecule has 4 fully saturated rings. The number of ether oxygens (including phenoxy) is 1. The van der Waals surface area contributed by atoms with Gasteiger partial charge in [0.1, 0.15) is 4.90 Å². The second-order valence-corrected chi connectivity index (χ2v) is 9.34. The number of rotatable bonds is 4. The van der Waals surface area contributed by atoms with Crippen molar-refractivity contribution in [3.63, 3.8) is 0 Å². The van der Waals surface area contributed by atoms with Crippen molar-refractivity contribution in [3.05, 3.63) is 12.4 Å². The maximum Gasteiger partial charge on any atom is 0.267 e. The van der Waals surface area contributed by atoms with Crippen LogP contribution < -0.4 is 4.72 Å². The van der Waals surface area contributed by atoms with Gasteiger partial charge < -0.3 is 4.74 Å². The third-order valence-electron chi connectivity index (χ3n) is 6.44. The van der Waals surface area contributed by atoms with Crippen molar-refractivity contribution < 1.29 is 17.9 Å². The molecule has 1 saturated heterocycles. The lowest BCUT2D eigenvalue weighted by atomic mass is 10.0. The zero-order chi connectivity index (χ0) is 16.5. The fraction of sp³-hybridized carbons (Fsp3) is 0.750. The summed E-state index contributed by atoms with van der Waals surface area (Å²) < 4.78 is 34.2. The smallest absolute Gasteiger partial charge is 0.267 e. The monoisotopic (exact) mass is 351 g/mol. The SMILES string of the molecule is O=C(NS(=O)(=O)c1cnn(C2CCOC2)c1)C1[C@@H]2[C@H]3CC[C@H](C3)[C@H]12. The van der Waals surface area contributed by atoms with Crippen LogP contribution in [0.2, 0.25) is 0 Å². The van der Waals surface area contributed by atoms with Crippen LogP contribution in [0.3, 0.4) is 0 Å². The van der Waals surface area contributed by atoms with E-state index in [1.54, 1.807) is 4.68 Å². The number of nitrogens with one attached hydrogen (secondary N) is 1. The standard InChI is InChI=1S/C16H21N3O4S/c20-16(15-13-9-1-2-10(5-9)14(13)15)18-24(21,22)12-6-17-19(7-12)11-3-4-23-8-11/h6-7,9-11,13-15H,1-5,8H2,(H,18,20)/t9-,10+,11?,13+,14-,15?. The zero-order valence-electron chi connectivity index (χ0n) is 13.3. The van der Waals surface area contributed by atoms with Gasteiger partial charge in [0.25, 0.3) is 10.0 Å². The second-order valence-electron chi connectivity index (χ2n) is 7.66. The van der Waals surface area contributed by atoms with Gasteiger partial charge in [0, 0.05) is 18.7 Å². The van der Waals surface area contributed by atoms with Crippen LogP contribution >= 0.6 is 0 Å². The summed E-state index contributed by atoms with van der Waals surface area (Å²) in [5.41, 5.74) is 0. The van der Waals surface area contributed by atoms with E-state index in [0.29, 0.717) is 36.9 Å². The molecule has 1 aromatic rings. The highest BCUT2D eigenvalue weighted by atomic mass is 32.2. The Morgan fingerprint density at radius 3 is 2.67 bits per heavy atom. The highest BCUT2D eigenvalue weighted by Crippen LogP contribution is 2.69. The molecular formula is C16H21N3O4S. The van der Waals surface area contributed by atoms with Crippen LogP contribution in [0.5, 0.6) is 0 Å². The highest BCUT2D eigenvalue weighted by molar-refractivity contribution is 7.90. The van der Waals surface area contributed by atoms with Gasteiger partial charge in [-0.15, -0.1) is 0 Å². The molecule has 24 heavy (non-hydrogen) atoms. The predicted molar refractivity (Wildman–Crippen MR) is 83.3 cm³/mol. The quantitative estimate of drug-likeness (QED) is 0.872. The number of aromatic nitrogens is 2. The summed E-state index contributed by atoms with van der Waals surface area (Å²) in [5, 5.41) is 4.13. The van der Waals surface area contributed by atoms with Crippen LogP contribution in [0, 0.1) is 29.6 Å². The molecule has 2 bridgehead atoms. The topological polar surface area (TPSA) is 90.3 Å². The molecule has 8 heteroatoms. The Kier molecular flexibility index (Phi) is 3.13. The Bertz CT molecular complexity index is 767. The molecule has 0 spiro atoms. The number of amides is 1. The fourth-order valence-electron chi connectivity index (χ4n) is 5.32. The molecule has 1 N–H and O–H groups in total. The largest absolute Gasteiger partial charge is 0.379 e. The van der Waals surface area contributed by atoms with Crippen molar-refractivity contribution in [2.75, 3.05) is 13.2 Å². The third-order valence-corrected chi connectivity index (χ3v) is 7.74. The summed E-state index contributed by atoms with van der Waals surface area (Å²) in [6.07, 6.45) is 7.28. The van der Waals surface area contributed by atoms with Crippen LogP contribution in [0.1, 0.15) is 31.7 Å². The number of hydrogen-bond acceptors (Lipinski definition) is 5. The molecule has 3 saturated carbocycles. The van der Waals surface area contributed by atoms with E-state index >= 15 is 0 Å². The zero-order valence-corrected chi connectivity index (χ0v) is 14.1. The van der Waals surface area contributed by atoms with E-state index in [1.165, 1.54) is 31.7 Å². The molecule has 0 radical (unpaired) electrons. The van der Waals surface area contributed by atoms with Gasteiger partial charge in [-0.25, -0.2) is 13.1 Å². The first-order chi connectivity index (χ1) is 11.5. The van der Waals surface area contributed by atoms with Crippen molar-refractivity contribution in [2.24, 2.45) is 29.6 Å². The molecule has 130 valence electrons. The molecular weight excluding hydrogens is 330 g/mol. The van der Waals surface area contributed by atoms with Gasteiger partial charge in [0.2, 0.25) is 5.91 Å². The summed E-state index contributed by atoms with van der Waals surface area (Å²) in [6, 6.07) is 0.0723. The van der Waals surface area contributed by atoms with Gasteiger partial charge in [-0.2, -0.15) is 5.10 Å². The molecule has 0 aromatic carbocycles. The van der Waals surface area contributed by atoms with Crippen molar-refractivity contribution in [2.45, 2.75) is 36.6 Å². The van der Waals surface area contributed by atoms with E-state index in [-0.39, 0.29) is 22.8 Å². The minimum atomic E-state index is -3.84. The minimum Gasteiger partial charge on any atom is -0.379 e. The lowest BCUT2D eigenvalue weighted by Gasteiger charge is -2.09. The number of nitrogens with zero attached hydrogens (tertiary/aromatic N) is 2. The summed E-state index contributed by atoms with van der Waals surface area (Å²) in [5.74, 6) is 1.73. The first kappa shape index (κ1) is 14.9. The van der Waals surface area contributed by atoms with Crippen LogP contribution in [0.4, 0.5) is 0 Å². The van der Waals surface area contributed by atoms with E-state index in [0.717, 1.165) is 6.42 Å². The molecule has 5 rings (SSSR count). The number of sulfonamides is 1. The van der Waals surface area contributed by atoms with Crippen LogP contribution in [-0.4, -0.2) is 37.3 Å². The number of fused-ring (bicyclic) bond motifs is 5. The average molecular weight is 351 g/mol. The van der Waals surface area contributed by atoms with Crippen LogP contribution in [-0.2, 0) is 19.6 Å². The van der Waals surface area contributed by atoms with E-state index in [9.17, 15) is 13.2 Å². The molecule has 7 nitrogen and oxygen atoms in total. The van der Waals surface area contributed by atoms with Crippen molar-refractivity contribution in [3.8, 4) is 0 Å². The lowest BCUT2D eigenvalue weighted by Crippen LogP contribution is -2.33. The van der Waals surface area contributed by atoms with E-state index < -0.39 is 10.0 Å². The van der Waals surface area contributed by atoms with Gasteiger partial charge in [-0.1, -0.05) is 0 Å². The number of carbonyl (C=O) groups is 1. The Morgan fingerprint density at radius 2 is 2.00 bits per heavy atom. The number of carbonyl (C=O) groups excluding carboxylic acids is 1. The van der Waals surface area contributed by atoms with E-state index in [2.05, 4.69) is 9.82 Å². The molecule has 2 unspecified atom stereocenters. The molecule has 1 aromatic heterocycles. The fourth-order valence-corrected chi connectivity index (χ4v) is 6.28. The van der Waals surface area contributed by atoms with Crippen molar-refractivity contribution in [1.82, 2.24) is 14.5 Å². The highest BCUT2D eigenvalue weighted by Gasteiger charge is 2.67. The predicted octanol–water partition coefficient (Wildman–Crippen LogP) is 0.941. The third kappa shape index (κ3) is 2.15. The normalized spacial score (nSPS) is 39.8. The molecule has 1 aliphatic heterocycles. The molecule has 2 heterocycles. The molecule has 3 aliphatic carbocycles. The summed E-state index contributed by atoms with van der Waals surface area (Å²) in [6.45, 7) is 1.21. The lowest BCUT2D eigenvalue weighted by molar-refractivity contribution is -0.121. The Labute approximate surface area is 140 Å². The van der Waals surface area contributed by atoms with Gasteiger partial charge in [0.05, 0.1) is 18.8 Å². The second kappa shape index (κ2) is 5.05. The maximum absolute atomic E-state index is 12.5. The molecule has 4 aliphatic rings. The molecule has 1 amide bonds. The Hall–Kier alpha value is -1.41. The first-order valence-corrected chi connectivity index (χ1v) is 10.2. The van der Waals surface area contributed by atoms with E-state index in [1.807, 2.05) is 0 Å². The molecule has 6 atom stereocenters. The summed E-state index contributed by atoms with van der Waals surface area (Å²) >= 11 is 0.